The molecule has 5 unspecified atom stereocenters. The van der Waals surface area contributed by atoms with E-state index in [4.69, 9.17) is 21.4 Å². The molecule has 10 rings (SSSR count). The van der Waals surface area contributed by atoms with E-state index in [2.05, 4.69) is 37.6 Å². The number of para-hydroxylation sites is 6. The molecule has 45 heteroatoms. The molecule has 0 aliphatic rings. The molecule has 0 aromatic heterocycles. The number of aliphatic hydroxyl groups excluding tert-OH is 5. The predicted octanol–water partition coefficient (Wildman–Crippen LogP) is 18.9. The molecule has 794 valence electrons. The van der Waals surface area contributed by atoms with Crippen LogP contribution >= 0.6 is 11.6 Å². The largest absolute Gasteiger partial charge is 0.453 e. The number of ketones is 1. The third-order valence-corrected chi connectivity index (χ3v) is 16.3. The maximum absolute atomic E-state index is 14.3. The zero-order chi connectivity index (χ0) is 108. The Morgan fingerprint density at radius 3 is 0.828 bits per heavy atom. The number of nitrogens with zero attached hydrogens (tertiary/aromatic N) is 3. The molecule has 0 radical (unpaired) electrons. The van der Waals surface area contributed by atoms with Gasteiger partial charge in [0.2, 0.25) is 30.5 Å². The number of nitrogen functional groups attached to an aromatic ring is 1. The first-order valence-electron chi connectivity index (χ1n) is 41.5. The van der Waals surface area contributed by atoms with Gasteiger partial charge in [-0.25, -0.2) is 0 Å². The second kappa shape index (κ2) is 78.0. The number of amides is 6. The van der Waals surface area contributed by atoms with E-state index in [9.17, 15) is 138 Å². The average molecular weight is 2130 g/mol. The Morgan fingerprint density at radius 1 is 0.366 bits per heavy atom. The van der Waals surface area contributed by atoms with Gasteiger partial charge in [-0.05, 0) is 109 Å². The van der Waals surface area contributed by atoms with Crippen molar-refractivity contribution in [1.82, 2.24) is 21.3 Å². The summed E-state index contributed by atoms with van der Waals surface area (Å²) in [6.45, 7) is 16.5. The second-order valence-electron chi connectivity index (χ2n) is 29.3. The smallest absolute Gasteiger partial charge is 0.364 e. The summed E-state index contributed by atoms with van der Waals surface area (Å²) in [5.74, 6) is -27.8. The van der Waals surface area contributed by atoms with Gasteiger partial charge < -0.3 is 73.6 Å². The van der Waals surface area contributed by atoms with Gasteiger partial charge >= 0.3 is 29.6 Å². The van der Waals surface area contributed by atoms with E-state index >= 15 is 0 Å². The third kappa shape index (κ3) is 55.6. The Balaban J connectivity index is -0.000000244. The Bertz CT molecular complexity index is 5100. The molecule has 0 saturated heterocycles. The Kier molecular flexibility index (Phi) is 77.2. The molecular formula is C100H128ClF10N11O22Zn. The van der Waals surface area contributed by atoms with Gasteiger partial charge in [-0.1, -0.05) is 273 Å². The zero-order valence-corrected chi connectivity index (χ0v) is 82.6. The average Bonchev–Trinajstić information content (AvgIpc) is 0.794. The first kappa shape index (κ1) is 143. The molecule has 145 heavy (non-hydrogen) atoms. The van der Waals surface area contributed by atoms with Gasteiger partial charge in [0, 0.05) is 111 Å². The number of aliphatic hydroxyl groups is 5. The van der Waals surface area contributed by atoms with E-state index in [0.29, 0.717) is 32.1 Å². The van der Waals surface area contributed by atoms with Crippen molar-refractivity contribution in [3.63, 3.8) is 0 Å². The number of anilines is 3. The maximum Gasteiger partial charge on any atom is 0.364 e. The molecule has 10 aromatic rings. The topological polar surface area (TPSA) is 535 Å². The van der Waals surface area contributed by atoms with Gasteiger partial charge in [0.15, 0.2) is 30.7 Å². The number of hydrogen-bond donors (Lipinski definition) is 13. The number of alkyl halides is 10. The molecule has 33 nitrogen and oxygen atoms in total. The van der Waals surface area contributed by atoms with Crippen LogP contribution in [0, 0.1) is 30.3 Å². The second-order valence-corrected chi connectivity index (χ2v) is 29.4. The number of hydrogen-bond acceptors (Lipinski definition) is 24. The van der Waals surface area contributed by atoms with Crippen LogP contribution in [0.15, 0.2) is 291 Å². The minimum absolute atomic E-state index is 0. The number of benzene rings is 10. The van der Waals surface area contributed by atoms with Crippen LogP contribution in [-0.4, -0.2) is 168 Å². The molecule has 6 amide bonds. The summed E-state index contributed by atoms with van der Waals surface area (Å²) < 4.78 is 142. The van der Waals surface area contributed by atoms with E-state index in [0.717, 1.165) is 31.4 Å². The van der Waals surface area contributed by atoms with E-state index in [1.54, 1.807) is 26.0 Å². The quantitative estimate of drug-likeness (QED) is 0.00394. The maximum atomic E-state index is 14.3. The van der Waals surface area contributed by atoms with Gasteiger partial charge in [-0.2, -0.15) is 43.9 Å². The molecule has 0 aliphatic heterocycles. The van der Waals surface area contributed by atoms with Crippen LogP contribution in [0.3, 0.4) is 0 Å². The number of halogens is 11. The number of nitrogens with one attached hydrogen (secondary N) is 6. The molecule has 0 saturated carbocycles. The van der Waals surface area contributed by atoms with Crippen LogP contribution in [-0.2, 0) is 67.4 Å². The minimum atomic E-state index is -4.17. The molecule has 0 aliphatic carbocycles. The number of carbonyl (C=O) groups is 10. The summed E-state index contributed by atoms with van der Waals surface area (Å²) in [7, 11) is 1.00. The number of nitrogens with two attached hydrogens (primary N) is 2. The number of carbonyl (C=O) groups excluding carboxylic acids is 10. The van der Waals surface area contributed by atoms with Crippen molar-refractivity contribution in [2.45, 2.75) is 189 Å². The van der Waals surface area contributed by atoms with E-state index in [-0.39, 0.29) is 100 Å². The summed E-state index contributed by atoms with van der Waals surface area (Å²) in [4.78, 5) is 136. The van der Waals surface area contributed by atoms with Crippen molar-refractivity contribution < 1.29 is 158 Å². The molecule has 0 spiro atoms. The summed E-state index contributed by atoms with van der Waals surface area (Å²) in [6.07, 6.45) is -10.8. The van der Waals surface area contributed by atoms with Crippen molar-refractivity contribution in [2.75, 3.05) is 23.5 Å². The fourth-order valence-corrected chi connectivity index (χ4v) is 9.98. The fourth-order valence-electron chi connectivity index (χ4n) is 9.98. The molecule has 15 N–H and O–H groups in total. The van der Waals surface area contributed by atoms with E-state index in [1.807, 2.05) is 170 Å². The van der Waals surface area contributed by atoms with Gasteiger partial charge in [0.25, 0.3) is 47.2 Å². The molecule has 0 fully saturated rings. The van der Waals surface area contributed by atoms with Crippen molar-refractivity contribution in [2.24, 2.45) is 5.73 Å². The van der Waals surface area contributed by atoms with Crippen LogP contribution in [0.1, 0.15) is 169 Å². The van der Waals surface area contributed by atoms with Crippen LogP contribution < -0.4 is 43.4 Å². The van der Waals surface area contributed by atoms with Gasteiger partial charge in [-0.15, -0.1) is 0 Å². The molecule has 10 aromatic carbocycles. The Morgan fingerprint density at radius 2 is 0.579 bits per heavy atom. The van der Waals surface area contributed by atoms with Crippen molar-refractivity contribution >= 4 is 106 Å². The monoisotopic (exact) mass is 2120 g/mol. The summed E-state index contributed by atoms with van der Waals surface area (Å²) in [5.41, 5.74) is 7.51. The standard InChI is InChI=1S/C14H16F2N2O4.C13H16F2N2O3.C12H14F2N2O4.C12H16F2N2O2.C10H9F2NO4.C7H5NO3.4C6H6.C3H9N.CHClO.CH4O.3CH4.Zn.H2/c1-9(2)18-13(21)14(15,16)12(22-8-20)10-5-3-4-6-11(10)17-7-19;1-8(2)17-12(20)13(14,15)11(19)9-5-3-4-6-10(9)16-7-18;1-7(2)15-11(18)12(13,14)10(17)8-5-3-4-6-9(8)16(19)20;1-7(2)16-11(18)12(13,14)10(17)8-5-3-4-6-9(8)15;1-6(14)10(11,12)9(15)7-4-2-3-5-8(7)13(16)17;9-5-6-3-1-2-4-7(6)8(10)11;4*1-2-4-6-5-3-1;1-3(2)4;2-1-3;1-2;;;;;/h3-9,12H,1-2H3,(H,17,19)(H,18,21);3-8,11,19H,1-2H3,(H,16,18)(H,17,20);3-7,10,17H,1-2H3,(H,15,18);3-7,10,17H,15H2,1-2H3,(H,16,18);2-5,9,15H,1H3;1-5H;4*1-6H;3H,4H2,1-2H3;1H;2H,1H3;3*1H4;;1H. The van der Waals surface area contributed by atoms with Gasteiger partial charge in [0.05, 0.1) is 31.5 Å². The zero-order valence-electron chi connectivity index (χ0n) is 78.9. The first-order valence-corrected chi connectivity index (χ1v) is 42.0. The van der Waals surface area contributed by atoms with Crippen LogP contribution in [0.5, 0.6) is 0 Å². The minimum Gasteiger partial charge on any atom is -0.453 e. The van der Waals surface area contributed by atoms with Gasteiger partial charge in [-0.3, -0.25) is 78.3 Å². The van der Waals surface area contributed by atoms with Crippen LogP contribution in [0.2, 0.25) is 0 Å². The van der Waals surface area contributed by atoms with Crippen molar-refractivity contribution in [1.29, 1.82) is 0 Å². The van der Waals surface area contributed by atoms with Crippen molar-refractivity contribution in [3.8, 4) is 0 Å². The SMILES string of the molecule is C.C.C.CC(=O)C(F)(F)C(O)c1ccccc1[N+](=O)[O-].CC(C)N.CC(C)NC(=O)C(F)(F)C(O)c1ccccc1N.CC(C)NC(=O)C(F)(F)C(O)c1ccccc1NC=O.CC(C)NC(=O)C(F)(F)C(O)c1ccccc1[N+](=O)[O-].CC(C)NC(=O)C(F)(F)C(OC=O)c1ccccc1NC=O.CO.O=CCl.O=Cc1ccccc1[N+](=O)[O-].[HH].[Zn].c1ccccc1.c1ccccc1.c1ccccc1.c1ccccc1. The Labute approximate surface area is 854 Å². The number of rotatable bonds is 29. The normalized spacial score (nSPS) is 11.1. The number of aldehydes is 1. The molecule has 0 heterocycles. The summed E-state index contributed by atoms with van der Waals surface area (Å²) in [5, 5.41) is 89.5. The number of ether oxygens (including phenoxy) is 1. The summed E-state index contributed by atoms with van der Waals surface area (Å²) in [6, 6.07) is 77.8. The van der Waals surface area contributed by atoms with Crippen molar-refractivity contribution in [3.05, 3.63) is 355 Å². The Hall–Kier alpha value is -14.5. The van der Waals surface area contributed by atoms with E-state index < -0.39 is 151 Å². The number of nitro groups is 3. The molecule has 0 bridgehead atoms. The number of nitro benzene ring substituents is 3. The molecule has 5 atom stereocenters. The first-order chi connectivity index (χ1) is 66.3. The van der Waals surface area contributed by atoms with Crippen LogP contribution in [0.4, 0.5) is 78.0 Å². The fraction of sp³-hybridized carbons (Fsp3) is 0.300. The third-order valence-electron chi connectivity index (χ3n) is 16.3. The van der Waals surface area contributed by atoms with Crippen LogP contribution in [0.25, 0.3) is 0 Å². The van der Waals surface area contributed by atoms with Gasteiger partial charge in [0.1, 0.15) is 0 Å². The predicted molar refractivity (Wildman–Crippen MR) is 534 cm³/mol. The molecular weight excluding hydrogens is 2000 g/mol. The number of Topliss-reactive ketones (excluding diaryl/α,β-unsaturated/α-hetero) is 1. The summed E-state index contributed by atoms with van der Waals surface area (Å²) >= 11 is 4.32. The van der Waals surface area contributed by atoms with E-state index in [1.165, 1.54) is 151 Å².